The molecule has 0 aliphatic rings. The van der Waals surface area contributed by atoms with E-state index in [0.717, 1.165) is 0 Å². The van der Waals surface area contributed by atoms with E-state index in [4.69, 9.17) is 14.0 Å². The molecule has 5 nitrogen and oxygen atoms in total. The zero-order valence-corrected chi connectivity index (χ0v) is 9.58. The van der Waals surface area contributed by atoms with Crippen molar-refractivity contribution in [3.05, 3.63) is 17.8 Å². The molecule has 1 heterocycles. The van der Waals surface area contributed by atoms with E-state index in [2.05, 4.69) is 4.98 Å². The summed E-state index contributed by atoms with van der Waals surface area (Å²) in [6.45, 7) is 1.63. The molecule has 0 saturated carbocycles. The molecular formula is C9H13NO4S. The fraction of sp³-hybridized carbons (Fsp3) is 0.444. The maximum absolute atomic E-state index is 10.9. The highest BCUT2D eigenvalue weighted by molar-refractivity contribution is 7.79. The molecule has 1 aromatic heterocycles. The van der Waals surface area contributed by atoms with Gasteiger partial charge in [0.15, 0.2) is 11.1 Å². The number of ether oxygens (including phenoxy) is 2. The lowest BCUT2D eigenvalue weighted by Crippen LogP contribution is -2.04. The smallest absolute Gasteiger partial charge is 0.216 e. The highest BCUT2D eigenvalue weighted by Gasteiger charge is 2.17. The van der Waals surface area contributed by atoms with Gasteiger partial charge in [-0.05, 0) is 6.92 Å². The molecule has 0 fully saturated rings. The summed E-state index contributed by atoms with van der Waals surface area (Å²) in [5.74, 6) is 0.906. The van der Waals surface area contributed by atoms with E-state index in [1.807, 2.05) is 0 Å². The van der Waals surface area contributed by atoms with Crippen LogP contribution in [0.1, 0.15) is 17.7 Å². The molecular weight excluding hydrogens is 218 g/mol. The predicted octanol–water partition coefficient (Wildman–Crippen LogP) is 1.38. The van der Waals surface area contributed by atoms with Crippen LogP contribution < -0.4 is 9.47 Å². The summed E-state index contributed by atoms with van der Waals surface area (Å²) in [7, 11) is 2.99. The monoisotopic (exact) mass is 231 g/mol. The van der Waals surface area contributed by atoms with Gasteiger partial charge < -0.3 is 14.0 Å². The highest BCUT2D eigenvalue weighted by atomic mass is 32.2. The Kier molecular flexibility index (Phi) is 4.05. The van der Waals surface area contributed by atoms with Crippen LogP contribution in [0.15, 0.2) is 12.3 Å². The molecule has 0 saturated heterocycles. The van der Waals surface area contributed by atoms with Crippen molar-refractivity contribution in [2.45, 2.75) is 12.2 Å². The van der Waals surface area contributed by atoms with Crippen LogP contribution in [0.2, 0.25) is 0 Å². The summed E-state index contributed by atoms with van der Waals surface area (Å²) in [6, 6.07) is 1.58. The summed E-state index contributed by atoms with van der Waals surface area (Å²) in [5, 5.41) is -0.543. The van der Waals surface area contributed by atoms with Crippen LogP contribution in [0.25, 0.3) is 0 Å². The summed E-state index contributed by atoms with van der Waals surface area (Å²) in [5.41, 5.74) is 0.583. The summed E-state index contributed by atoms with van der Waals surface area (Å²) in [6.07, 6.45) is 1.48. The lowest BCUT2D eigenvalue weighted by atomic mass is 10.2. The average molecular weight is 231 g/mol. The third-order valence-electron chi connectivity index (χ3n) is 2.04. The molecule has 1 aromatic rings. The summed E-state index contributed by atoms with van der Waals surface area (Å²) >= 11 is -1.94. The quantitative estimate of drug-likeness (QED) is 0.793. The van der Waals surface area contributed by atoms with E-state index >= 15 is 0 Å². The molecule has 0 spiro atoms. The Hall–Kier alpha value is -1.14. The predicted molar refractivity (Wildman–Crippen MR) is 56.5 cm³/mol. The van der Waals surface area contributed by atoms with E-state index in [1.54, 1.807) is 13.0 Å². The third kappa shape index (κ3) is 2.66. The van der Waals surface area contributed by atoms with Gasteiger partial charge >= 0.3 is 0 Å². The third-order valence-corrected chi connectivity index (χ3v) is 2.90. The first-order chi connectivity index (χ1) is 7.10. The first kappa shape index (κ1) is 11.9. The van der Waals surface area contributed by atoms with Gasteiger partial charge in [-0.15, -0.1) is 0 Å². The maximum Gasteiger partial charge on any atom is 0.216 e. The van der Waals surface area contributed by atoms with Crippen molar-refractivity contribution in [3.8, 4) is 11.6 Å². The SMILES string of the molecule is COc1cc(OC)c(C(C)S(=O)O)cn1. The Balaban J connectivity index is 3.12. The zero-order valence-electron chi connectivity index (χ0n) is 8.76. The first-order valence-corrected chi connectivity index (χ1v) is 5.44. The zero-order chi connectivity index (χ0) is 11.4. The minimum Gasteiger partial charge on any atom is -0.496 e. The average Bonchev–Trinajstić information content (AvgIpc) is 2.27. The van der Waals surface area contributed by atoms with Crippen molar-refractivity contribution < 1.29 is 18.2 Å². The lowest BCUT2D eigenvalue weighted by molar-refractivity contribution is 0.379. The fourth-order valence-corrected chi connectivity index (χ4v) is 1.53. The van der Waals surface area contributed by atoms with Crippen LogP contribution in [-0.2, 0) is 11.1 Å². The van der Waals surface area contributed by atoms with Crippen LogP contribution in [0.4, 0.5) is 0 Å². The van der Waals surface area contributed by atoms with Gasteiger partial charge in [0, 0.05) is 17.8 Å². The van der Waals surface area contributed by atoms with Gasteiger partial charge in [-0.3, -0.25) is 0 Å². The Labute approximate surface area is 90.7 Å². The van der Waals surface area contributed by atoms with Gasteiger partial charge in [0.2, 0.25) is 5.88 Å². The molecule has 0 bridgehead atoms. The second-order valence-electron chi connectivity index (χ2n) is 2.89. The van der Waals surface area contributed by atoms with Gasteiger partial charge in [0.25, 0.3) is 0 Å². The van der Waals surface area contributed by atoms with Crippen molar-refractivity contribution in [3.63, 3.8) is 0 Å². The molecule has 2 unspecified atom stereocenters. The van der Waals surface area contributed by atoms with Crippen molar-refractivity contribution in [1.82, 2.24) is 4.98 Å². The van der Waals surface area contributed by atoms with Gasteiger partial charge in [0.1, 0.15) is 5.75 Å². The number of nitrogens with zero attached hydrogens (tertiary/aromatic N) is 1. The number of methoxy groups -OCH3 is 2. The van der Waals surface area contributed by atoms with Crippen LogP contribution in [0.5, 0.6) is 11.6 Å². The van der Waals surface area contributed by atoms with Gasteiger partial charge in [-0.2, -0.15) is 0 Å². The Morgan fingerprint density at radius 3 is 2.60 bits per heavy atom. The normalized spacial score (nSPS) is 14.4. The van der Waals surface area contributed by atoms with E-state index in [9.17, 15) is 4.21 Å². The summed E-state index contributed by atoms with van der Waals surface area (Å²) < 4.78 is 29.9. The number of hydrogen-bond donors (Lipinski definition) is 1. The molecule has 6 heteroatoms. The van der Waals surface area contributed by atoms with Crippen molar-refractivity contribution in [2.24, 2.45) is 0 Å². The lowest BCUT2D eigenvalue weighted by Gasteiger charge is -2.12. The van der Waals surface area contributed by atoms with E-state index < -0.39 is 16.3 Å². The number of pyridine rings is 1. The Morgan fingerprint density at radius 1 is 1.47 bits per heavy atom. The van der Waals surface area contributed by atoms with Crippen molar-refractivity contribution >= 4 is 11.1 Å². The second kappa shape index (κ2) is 5.09. The first-order valence-electron chi connectivity index (χ1n) is 4.27. The largest absolute Gasteiger partial charge is 0.496 e. The van der Waals surface area contributed by atoms with E-state index in [0.29, 0.717) is 17.2 Å². The minimum atomic E-state index is -1.94. The van der Waals surface area contributed by atoms with Crippen molar-refractivity contribution in [1.29, 1.82) is 0 Å². The second-order valence-corrected chi connectivity index (χ2v) is 4.15. The Bertz CT molecular complexity index is 369. The molecule has 1 rings (SSSR count). The van der Waals surface area contributed by atoms with E-state index in [-0.39, 0.29) is 0 Å². The van der Waals surface area contributed by atoms with Gasteiger partial charge in [-0.1, -0.05) is 0 Å². The molecule has 15 heavy (non-hydrogen) atoms. The molecule has 0 aliphatic carbocycles. The molecule has 0 radical (unpaired) electrons. The van der Waals surface area contributed by atoms with Crippen LogP contribution in [0.3, 0.4) is 0 Å². The van der Waals surface area contributed by atoms with Crippen LogP contribution in [0, 0.1) is 0 Å². The Morgan fingerprint density at radius 2 is 2.13 bits per heavy atom. The maximum atomic E-state index is 10.9. The van der Waals surface area contributed by atoms with Gasteiger partial charge in [0.05, 0.1) is 19.5 Å². The molecule has 0 amide bonds. The van der Waals surface area contributed by atoms with E-state index in [1.165, 1.54) is 20.4 Å². The van der Waals surface area contributed by atoms with Gasteiger partial charge in [-0.25, -0.2) is 9.19 Å². The van der Waals surface area contributed by atoms with Crippen molar-refractivity contribution in [2.75, 3.05) is 14.2 Å². The standard InChI is InChI=1S/C9H13NO4S/c1-6(15(11)12)7-5-10-9(14-3)4-8(7)13-2/h4-6H,1-3H3,(H,11,12). The minimum absolute atomic E-state index is 0.409. The molecule has 84 valence electrons. The fourth-order valence-electron chi connectivity index (χ4n) is 1.13. The number of aromatic nitrogens is 1. The molecule has 0 aliphatic heterocycles. The molecule has 0 aromatic carbocycles. The van der Waals surface area contributed by atoms with Crippen LogP contribution in [-0.4, -0.2) is 28.0 Å². The number of hydrogen-bond acceptors (Lipinski definition) is 4. The topological polar surface area (TPSA) is 68.7 Å². The summed E-state index contributed by atoms with van der Waals surface area (Å²) in [4.78, 5) is 3.96. The van der Waals surface area contributed by atoms with Crippen LogP contribution >= 0.6 is 0 Å². The highest BCUT2D eigenvalue weighted by Crippen LogP contribution is 2.29. The molecule has 1 N–H and O–H groups in total. The number of rotatable bonds is 4. The molecule has 2 atom stereocenters.